The zero-order valence-electron chi connectivity index (χ0n) is 11.9. The topological polar surface area (TPSA) is 3.24 Å². The van der Waals surface area contributed by atoms with E-state index in [4.69, 9.17) is 0 Å². The Bertz CT molecular complexity index is 509. The molecule has 0 unspecified atom stereocenters. The van der Waals surface area contributed by atoms with E-state index in [1.807, 2.05) is 30.3 Å². The standard InChI is InChI=1S/C17H20F3N/c18-17(19,20)16-9-5-4-8-15(16)13-21(11-10-16)12-14-6-2-1-3-7-14/h1-3,5-7,9,15H,4,8,10-13H2/t15-,16-/m1/s1. The molecule has 0 spiro atoms. The molecule has 0 bridgehead atoms. The summed E-state index contributed by atoms with van der Waals surface area (Å²) in [6.07, 6.45) is 0.624. The van der Waals surface area contributed by atoms with Crippen molar-refractivity contribution in [2.45, 2.75) is 32.0 Å². The Balaban J connectivity index is 1.75. The van der Waals surface area contributed by atoms with Gasteiger partial charge in [-0.3, -0.25) is 4.90 Å². The van der Waals surface area contributed by atoms with Crippen molar-refractivity contribution in [3.05, 3.63) is 48.0 Å². The van der Waals surface area contributed by atoms with Gasteiger partial charge in [0, 0.05) is 13.1 Å². The van der Waals surface area contributed by atoms with Gasteiger partial charge in [0.1, 0.15) is 0 Å². The summed E-state index contributed by atoms with van der Waals surface area (Å²) in [4.78, 5) is 2.17. The van der Waals surface area contributed by atoms with E-state index in [9.17, 15) is 13.2 Å². The van der Waals surface area contributed by atoms with Crippen molar-refractivity contribution in [1.82, 2.24) is 4.90 Å². The molecular weight excluding hydrogens is 275 g/mol. The highest BCUT2D eigenvalue weighted by Gasteiger charge is 2.59. The lowest BCUT2D eigenvalue weighted by molar-refractivity contribution is -0.239. The zero-order valence-corrected chi connectivity index (χ0v) is 11.9. The maximum absolute atomic E-state index is 13.6. The number of nitrogens with zero attached hydrogens (tertiary/aromatic N) is 1. The third-order valence-electron chi connectivity index (χ3n) is 4.92. The second-order valence-corrected chi connectivity index (χ2v) is 6.19. The van der Waals surface area contributed by atoms with E-state index in [0.717, 1.165) is 13.0 Å². The van der Waals surface area contributed by atoms with Crippen molar-refractivity contribution in [1.29, 1.82) is 0 Å². The number of benzene rings is 1. The number of fused-ring (bicyclic) bond motifs is 1. The number of allylic oxidation sites excluding steroid dienone is 2. The van der Waals surface area contributed by atoms with Crippen LogP contribution in [0.5, 0.6) is 0 Å². The summed E-state index contributed by atoms with van der Waals surface area (Å²) in [5.41, 5.74) is -0.415. The fourth-order valence-corrected chi connectivity index (χ4v) is 3.73. The summed E-state index contributed by atoms with van der Waals surface area (Å²) in [6.45, 7) is 1.79. The summed E-state index contributed by atoms with van der Waals surface area (Å²) < 4.78 is 40.7. The summed E-state index contributed by atoms with van der Waals surface area (Å²) in [5.74, 6) is -0.306. The van der Waals surface area contributed by atoms with Crippen LogP contribution in [0.2, 0.25) is 0 Å². The van der Waals surface area contributed by atoms with Crippen molar-refractivity contribution >= 4 is 0 Å². The fourth-order valence-electron chi connectivity index (χ4n) is 3.73. The van der Waals surface area contributed by atoms with Crippen LogP contribution in [0.3, 0.4) is 0 Å². The molecular formula is C17H20F3N. The number of halogens is 3. The Hall–Kier alpha value is -1.29. The summed E-state index contributed by atoms with van der Waals surface area (Å²) in [5, 5.41) is 0. The van der Waals surface area contributed by atoms with Gasteiger partial charge in [0.15, 0.2) is 0 Å². The fraction of sp³-hybridized carbons (Fsp3) is 0.529. The predicted octanol–water partition coefficient (Wildman–Crippen LogP) is 4.41. The molecule has 0 amide bonds. The lowest BCUT2D eigenvalue weighted by atomic mass is 9.65. The van der Waals surface area contributed by atoms with E-state index in [0.29, 0.717) is 19.5 Å². The van der Waals surface area contributed by atoms with E-state index < -0.39 is 11.6 Å². The van der Waals surface area contributed by atoms with E-state index in [-0.39, 0.29) is 12.3 Å². The van der Waals surface area contributed by atoms with Crippen molar-refractivity contribution in [3.8, 4) is 0 Å². The van der Waals surface area contributed by atoms with Gasteiger partial charge >= 0.3 is 6.18 Å². The number of likely N-dealkylation sites (tertiary alicyclic amines) is 1. The van der Waals surface area contributed by atoms with E-state index in [1.54, 1.807) is 6.08 Å². The van der Waals surface area contributed by atoms with Crippen LogP contribution >= 0.6 is 0 Å². The Morgan fingerprint density at radius 3 is 2.67 bits per heavy atom. The Morgan fingerprint density at radius 2 is 1.95 bits per heavy atom. The zero-order chi connectivity index (χ0) is 14.9. The number of piperidine rings is 1. The van der Waals surface area contributed by atoms with Gasteiger partial charge in [-0.2, -0.15) is 13.2 Å². The normalized spacial score (nSPS) is 30.1. The smallest absolute Gasteiger partial charge is 0.299 e. The minimum Gasteiger partial charge on any atom is -0.299 e. The first-order chi connectivity index (χ1) is 10.0. The van der Waals surface area contributed by atoms with Crippen molar-refractivity contribution in [2.24, 2.45) is 11.3 Å². The highest BCUT2D eigenvalue weighted by molar-refractivity contribution is 5.17. The molecule has 114 valence electrons. The Kier molecular flexibility index (Phi) is 3.82. The maximum atomic E-state index is 13.6. The molecule has 1 nitrogen and oxygen atoms in total. The van der Waals surface area contributed by atoms with Crippen LogP contribution in [0.1, 0.15) is 24.8 Å². The van der Waals surface area contributed by atoms with Crippen LogP contribution in [0.25, 0.3) is 0 Å². The van der Waals surface area contributed by atoms with Gasteiger partial charge in [-0.05, 0) is 37.3 Å². The molecule has 0 radical (unpaired) electrons. The average Bonchev–Trinajstić information content (AvgIpc) is 2.47. The Morgan fingerprint density at radius 1 is 1.19 bits per heavy atom. The molecule has 2 aliphatic rings. The molecule has 2 atom stereocenters. The molecule has 0 aromatic heterocycles. The van der Waals surface area contributed by atoms with E-state index in [1.165, 1.54) is 11.6 Å². The molecule has 0 saturated carbocycles. The molecule has 0 N–H and O–H groups in total. The molecule has 1 saturated heterocycles. The first-order valence-electron chi connectivity index (χ1n) is 7.52. The lowest BCUT2D eigenvalue weighted by Gasteiger charge is -2.48. The van der Waals surface area contributed by atoms with Crippen LogP contribution < -0.4 is 0 Å². The summed E-state index contributed by atoms with van der Waals surface area (Å²) in [7, 11) is 0. The second kappa shape index (κ2) is 5.48. The molecule has 1 fully saturated rings. The average molecular weight is 295 g/mol. The minimum atomic E-state index is -4.13. The molecule has 4 heteroatoms. The maximum Gasteiger partial charge on any atom is 0.398 e. The molecule has 1 aliphatic carbocycles. The van der Waals surface area contributed by atoms with Crippen molar-refractivity contribution in [3.63, 3.8) is 0 Å². The SMILES string of the molecule is FC(F)(F)[C@@]12C=CCC[C@@H]1CN(Cc1ccccc1)CC2. The quantitative estimate of drug-likeness (QED) is 0.731. The van der Waals surface area contributed by atoms with Crippen molar-refractivity contribution < 1.29 is 13.2 Å². The van der Waals surface area contributed by atoms with Crippen LogP contribution in [0.4, 0.5) is 13.2 Å². The van der Waals surface area contributed by atoms with Crippen LogP contribution in [0, 0.1) is 11.3 Å². The second-order valence-electron chi connectivity index (χ2n) is 6.19. The highest BCUT2D eigenvalue weighted by Crippen LogP contribution is 2.53. The van der Waals surface area contributed by atoms with Crippen molar-refractivity contribution in [2.75, 3.05) is 13.1 Å². The third kappa shape index (κ3) is 2.73. The van der Waals surface area contributed by atoms with Gasteiger partial charge < -0.3 is 0 Å². The van der Waals surface area contributed by atoms with Crippen LogP contribution in [-0.2, 0) is 6.54 Å². The number of hydrogen-bond donors (Lipinski definition) is 0. The van der Waals surface area contributed by atoms with Gasteiger partial charge in [-0.15, -0.1) is 0 Å². The minimum absolute atomic E-state index is 0.185. The number of rotatable bonds is 2. The molecule has 1 aromatic carbocycles. The van der Waals surface area contributed by atoms with Crippen LogP contribution in [0.15, 0.2) is 42.5 Å². The van der Waals surface area contributed by atoms with Crippen LogP contribution in [-0.4, -0.2) is 24.2 Å². The first kappa shape index (κ1) is 14.6. The van der Waals surface area contributed by atoms with Gasteiger partial charge in [0.2, 0.25) is 0 Å². The van der Waals surface area contributed by atoms with E-state index >= 15 is 0 Å². The lowest BCUT2D eigenvalue weighted by Crippen LogP contribution is -2.54. The number of alkyl halides is 3. The predicted molar refractivity (Wildman–Crippen MR) is 76.7 cm³/mol. The van der Waals surface area contributed by atoms with Gasteiger partial charge in [-0.25, -0.2) is 0 Å². The molecule has 1 aromatic rings. The molecule has 21 heavy (non-hydrogen) atoms. The monoisotopic (exact) mass is 295 g/mol. The largest absolute Gasteiger partial charge is 0.398 e. The summed E-state index contributed by atoms with van der Waals surface area (Å²) in [6, 6.07) is 9.98. The van der Waals surface area contributed by atoms with Gasteiger partial charge in [0.25, 0.3) is 0 Å². The highest BCUT2D eigenvalue weighted by atomic mass is 19.4. The van der Waals surface area contributed by atoms with Gasteiger partial charge in [-0.1, -0.05) is 42.5 Å². The number of hydrogen-bond acceptors (Lipinski definition) is 1. The van der Waals surface area contributed by atoms with Gasteiger partial charge in [0.05, 0.1) is 5.41 Å². The van der Waals surface area contributed by atoms with E-state index in [2.05, 4.69) is 4.90 Å². The summed E-state index contributed by atoms with van der Waals surface area (Å²) >= 11 is 0. The Labute approximate surface area is 123 Å². The molecule has 3 rings (SSSR count). The molecule has 1 heterocycles. The first-order valence-corrected chi connectivity index (χ1v) is 7.52. The third-order valence-corrected chi connectivity index (χ3v) is 4.92. The molecule has 1 aliphatic heterocycles.